The number of aromatic nitrogens is 3. The Morgan fingerprint density at radius 2 is 0.807 bits per heavy atom. The molecule has 0 aliphatic heterocycles. The van der Waals surface area contributed by atoms with Gasteiger partial charge in [0.2, 0.25) is 0 Å². The van der Waals surface area contributed by atoms with E-state index in [0.29, 0.717) is 16.8 Å². The Morgan fingerprint density at radius 3 is 1.47 bits per heavy atom. The standard InChI is InChI=1S/C54H35N3/c1-3-16-36(17-4-1)40-20-7-11-25-47(40)57-50-28-14-8-21-41(50)44-24-15-29-53(54(44)57)56-49-27-13-10-23-43(49)46-35-38(31-33-52(46)56)37-30-32-51-45(34-37)42-22-9-12-26-48(42)55(51)39-18-5-2-6-19-39/h1-35H/i8D,9D,10D,12D,13D,14D,15D,21D,22D,23D,24D,26D,27D,28D,29D,30D,31D,32D,33D,34D,35D. The van der Waals surface area contributed by atoms with E-state index >= 15 is 0 Å². The molecule has 3 nitrogen and oxygen atoms in total. The molecule has 57 heavy (non-hydrogen) atoms. The molecule has 0 spiro atoms. The summed E-state index contributed by atoms with van der Waals surface area (Å²) in [5.41, 5.74) is -1.70. The quantitative estimate of drug-likeness (QED) is 0.167. The molecule has 9 aromatic carbocycles. The third kappa shape index (κ3) is 4.73. The van der Waals surface area contributed by atoms with Crippen LogP contribution in [0.4, 0.5) is 0 Å². The highest BCUT2D eigenvalue weighted by Crippen LogP contribution is 2.42. The van der Waals surface area contributed by atoms with Crippen LogP contribution in [0.2, 0.25) is 0 Å². The average Bonchev–Trinajstić information content (AvgIpc) is 4.22. The first-order chi connectivity index (χ1) is 37.1. The summed E-state index contributed by atoms with van der Waals surface area (Å²) in [5, 5.41) is -1.86. The van der Waals surface area contributed by atoms with Crippen molar-refractivity contribution in [2.75, 3.05) is 0 Å². The van der Waals surface area contributed by atoms with Gasteiger partial charge in [-0.1, -0.05) is 145 Å². The van der Waals surface area contributed by atoms with E-state index in [1.54, 1.807) is 84.9 Å². The normalized spacial score (nSPS) is 17.0. The Kier molecular flexibility index (Phi) is 3.81. The number of fused-ring (bicyclic) bond motifs is 9. The van der Waals surface area contributed by atoms with Crippen LogP contribution in [0.25, 0.3) is 105 Å². The molecule has 0 amide bonds. The molecule has 12 aromatic rings. The van der Waals surface area contributed by atoms with Crippen molar-refractivity contribution in [1.29, 1.82) is 0 Å². The van der Waals surface area contributed by atoms with Gasteiger partial charge in [0.15, 0.2) is 0 Å². The van der Waals surface area contributed by atoms with Crippen molar-refractivity contribution in [3.05, 3.63) is 212 Å². The lowest BCUT2D eigenvalue weighted by Crippen LogP contribution is -2.02. The predicted octanol–water partition coefficient (Wildman–Crippen LogP) is 14.3. The monoisotopic (exact) mass is 746 g/mol. The lowest BCUT2D eigenvalue weighted by Gasteiger charge is -2.17. The molecule has 3 heterocycles. The first-order valence-electron chi connectivity index (χ1n) is 28.4. The van der Waals surface area contributed by atoms with Crippen molar-refractivity contribution >= 4 is 65.4 Å². The van der Waals surface area contributed by atoms with Crippen LogP contribution in [0, 0.1) is 0 Å². The molecule has 0 fully saturated rings. The van der Waals surface area contributed by atoms with Gasteiger partial charge in [-0.05, 0) is 83.2 Å². The summed E-state index contributed by atoms with van der Waals surface area (Å²) in [6.45, 7) is 0. The summed E-state index contributed by atoms with van der Waals surface area (Å²) in [6, 6.07) is 9.09. The Bertz CT molecular complexity index is 4740. The smallest absolute Gasteiger partial charge is 0.0782 e. The fraction of sp³-hybridized carbons (Fsp3) is 0. The molecule has 266 valence electrons. The molecule has 0 radical (unpaired) electrons. The summed E-state index contributed by atoms with van der Waals surface area (Å²) >= 11 is 0. The first-order valence-corrected chi connectivity index (χ1v) is 17.9. The molecular formula is C54H35N3. The maximum absolute atomic E-state index is 10.1. The zero-order valence-electron chi connectivity index (χ0n) is 50.4. The van der Waals surface area contributed by atoms with Gasteiger partial charge in [-0.25, -0.2) is 0 Å². The van der Waals surface area contributed by atoms with Gasteiger partial charge in [0.25, 0.3) is 0 Å². The van der Waals surface area contributed by atoms with Crippen molar-refractivity contribution < 1.29 is 28.8 Å². The number of hydrogen-bond acceptors (Lipinski definition) is 0. The number of para-hydroxylation sites is 6. The molecule has 12 rings (SSSR count). The maximum Gasteiger partial charge on any atom is 0.0782 e. The minimum absolute atomic E-state index is 0.129. The van der Waals surface area contributed by atoms with Crippen LogP contribution in [0.5, 0.6) is 0 Å². The third-order valence-corrected chi connectivity index (χ3v) is 10.2. The van der Waals surface area contributed by atoms with Gasteiger partial charge >= 0.3 is 0 Å². The molecule has 0 saturated carbocycles. The van der Waals surface area contributed by atoms with Gasteiger partial charge in [0.1, 0.15) is 0 Å². The second-order valence-corrected chi connectivity index (χ2v) is 13.3. The number of benzene rings is 9. The first kappa shape index (κ1) is 17.5. The average molecular weight is 747 g/mol. The SMILES string of the molecule is [2H]c1c([2H])c([2H])c2c(c1[2H])c1c([2H])c(-c3c([2H])c([2H])c4c(c3[2H])c3c([2H])c([2H])c([2H])c([2H])c3n4-c3c([2H])c([2H])c([2H])c4c5c([2H])c([2H])c([2H])c([2H])c5n(-c5ccccc5-c5ccccc5)c34)c([2H])c([2H])c1n2-c1ccccc1. The van der Waals surface area contributed by atoms with E-state index in [1.807, 2.05) is 0 Å². The molecular weight excluding hydrogens is 691 g/mol. The molecule has 0 aliphatic carbocycles. The number of hydrogen-bond donors (Lipinski definition) is 0. The summed E-state index contributed by atoms with van der Waals surface area (Å²) in [4.78, 5) is 0. The highest BCUT2D eigenvalue weighted by molar-refractivity contribution is 6.16. The fourth-order valence-electron chi connectivity index (χ4n) is 7.83. The number of nitrogens with zero attached hydrogens (tertiary/aromatic N) is 3. The second-order valence-electron chi connectivity index (χ2n) is 13.3. The van der Waals surface area contributed by atoms with Crippen LogP contribution >= 0.6 is 0 Å². The van der Waals surface area contributed by atoms with E-state index in [2.05, 4.69) is 0 Å². The lowest BCUT2D eigenvalue weighted by atomic mass is 10.0. The van der Waals surface area contributed by atoms with E-state index in [9.17, 15) is 17.8 Å². The van der Waals surface area contributed by atoms with E-state index in [-0.39, 0.29) is 49.3 Å². The van der Waals surface area contributed by atoms with E-state index < -0.39 is 166 Å². The van der Waals surface area contributed by atoms with Crippen molar-refractivity contribution in [1.82, 2.24) is 13.7 Å². The van der Waals surface area contributed by atoms with Crippen LogP contribution in [0.1, 0.15) is 28.8 Å². The minimum atomic E-state index is -0.873. The van der Waals surface area contributed by atoms with Gasteiger partial charge in [-0.15, -0.1) is 0 Å². The topological polar surface area (TPSA) is 14.8 Å². The zero-order valence-corrected chi connectivity index (χ0v) is 29.4. The van der Waals surface area contributed by atoms with Gasteiger partial charge in [0.05, 0.1) is 73.3 Å². The summed E-state index contributed by atoms with van der Waals surface area (Å²) < 4.78 is 200. The van der Waals surface area contributed by atoms with Crippen LogP contribution in [0.15, 0.2) is 212 Å². The van der Waals surface area contributed by atoms with E-state index in [0.717, 1.165) is 4.57 Å². The highest BCUT2D eigenvalue weighted by Gasteiger charge is 2.22. The van der Waals surface area contributed by atoms with Crippen LogP contribution in [-0.2, 0) is 0 Å². The molecule has 0 saturated heterocycles. The molecule has 0 bridgehead atoms. The predicted molar refractivity (Wildman–Crippen MR) is 240 cm³/mol. The fourth-order valence-corrected chi connectivity index (χ4v) is 7.83. The molecule has 3 aromatic heterocycles. The van der Waals surface area contributed by atoms with Crippen LogP contribution in [0.3, 0.4) is 0 Å². The molecule has 0 aliphatic rings. The highest BCUT2D eigenvalue weighted by atomic mass is 15.1. The molecule has 0 N–H and O–H groups in total. The molecule has 0 atom stereocenters. The maximum atomic E-state index is 10.1. The Balaban J connectivity index is 1.32. The summed E-state index contributed by atoms with van der Waals surface area (Å²) in [7, 11) is 0. The van der Waals surface area contributed by atoms with Crippen LogP contribution < -0.4 is 0 Å². The van der Waals surface area contributed by atoms with Gasteiger partial charge < -0.3 is 13.7 Å². The Labute approximate surface area is 359 Å². The largest absolute Gasteiger partial charge is 0.309 e. The second kappa shape index (κ2) is 12.5. The Morgan fingerprint density at radius 1 is 0.316 bits per heavy atom. The lowest BCUT2D eigenvalue weighted by molar-refractivity contribution is 1.13. The molecule has 0 unspecified atom stereocenters. The van der Waals surface area contributed by atoms with Crippen molar-refractivity contribution in [2.45, 2.75) is 0 Å². The third-order valence-electron chi connectivity index (χ3n) is 10.2. The summed E-state index contributed by atoms with van der Waals surface area (Å²) in [6.07, 6.45) is 0. The van der Waals surface area contributed by atoms with Gasteiger partial charge in [0, 0.05) is 43.6 Å². The zero-order chi connectivity index (χ0) is 55.7. The summed E-state index contributed by atoms with van der Waals surface area (Å²) in [5.74, 6) is 0. The van der Waals surface area contributed by atoms with Gasteiger partial charge in [-0.2, -0.15) is 0 Å². The van der Waals surface area contributed by atoms with Gasteiger partial charge in [-0.3, -0.25) is 0 Å². The number of rotatable bonds is 5. The van der Waals surface area contributed by atoms with Crippen molar-refractivity contribution in [3.8, 4) is 39.3 Å². The van der Waals surface area contributed by atoms with E-state index in [1.165, 1.54) is 9.13 Å². The van der Waals surface area contributed by atoms with Crippen molar-refractivity contribution in [3.63, 3.8) is 0 Å². The Hall–Kier alpha value is -7.62. The van der Waals surface area contributed by atoms with Crippen LogP contribution in [-0.4, -0.2) is 13.7 Å². The van der Waals surface area contributed by atoms with E-state index in [4.69, 9.17) is 11.0 Å². The minimum Gasteiger partial charge on any atom is -0.309 e. The molecule has 3 heteroatoms. The van der Waals surface area contributed by atoms with Crippen molar-refractivity contribution in [2.24, 2.45) is 0 Å².